The number of halogens is 3. The van der Waals surface area contributed by atoms with Gasteiger partial charge in [-0.2, -0.15) is 13.2 Å². The lowest BCUT2D eigenvalue weighted by atomic mass is 9.75. The van der Waals surface area contributed by atoms with E-state index in [0.29, 0.717) is 24.9 Å². The third-order valence-electron chi connectivity index (χ3n) is 7.18. The van der Waals surface area contributed by atoms with Gasteiger partial charge in [0.2, 0.25) is 0 Å². The standard InChI is InChI=1S/C28H38F3N/c1-21(2)32(20-19-23-9-5-4-6-10-23)22(3)13-14-24-15-17-25(18-16-24)26-11-7-8-12-27(26)28(29,30)31/h4-6,9-10,15-18,21-22,26-27H,7-8,11-14,19-20H2,1-3H3. The van der Waals surface area contributed by atoms with Crippen molar-refractivity contribution in [2.45, 2.75) is 89.9 Å². The van der Waals surface area contributed by atoms with Gasteiger partial charge in [0.05, 0.1) is 5.92 Å². The number of aryl methyl sites for hydroxylation is 1. The molecule has 0 radical (unpaired) electrons. The van der Waals surface area contributed by atoms with E-state index in [1.54, 1.807) is 0 Å². The number of alkyl halides is 3. The second-order valence-electron chi connectivity index (χ2n) is 9.74. The van der Waals surface area contributed by atoms with Crippen LogP contribution in [0.15, 0.2) is 54.6 Å². The largest absolute Gasteiger partial charge is 0.392 e. The lowest BCUT2D eigenvalue weighted by Gasteiger charge is -2.33. The van der Waals surface area contributed by atoms with Crippen molar-refractivity contribution in [3.05, 3.63) is 71.3 Å². The van der Waals surface area contributed by atoms with Crippen LogP contribution >= 0.6 is 0 Å². The molecule has 0 saturated heterocycles. The zero-order valence-electron chi connectivity index (χ0n) is 19.7. The van der Waals surface area contributed by atoms with Crippen molar-refractivity contribution in [1.82, 2.24) is 4.90 Å². The fourth-order valence-corrected chi connectivity index (χ4v) is 5.28. The maximum Gasteiger partial charge on any atom is 0.392 e. The maximum atomic E-state index is 13.5. The van der Waals surface area contributed by atoms with E-state index < -0.39 is 12.1 Å². The molecule has 3 atom stereocenters. The molecule has 0 bridgehead atoms. The molecule has 1 fully saturated rings. The summed E-state index contributed by atoms with van der Waals surface area (Å²) in [5.41, 5.74) is 3.43. The molecule has 0 N–H and O–H groups in total. The van der Waals surface area contributed by atoms with E-state index in [9.17, 15) is 13.2 Å². The molecule has 1 saturated carbocycles. The Hall–Kier alpha value is -1.81. The van der Waals surface area contributed by atoms with Crippen LogP contribution in [0.2, 0.25) is 0 Å². The lowest BCUT2D eigenvalue weighted by molar-refractivity contribution is -0.187. The topological polar surface area (TPSA) is 3.24 Å². The lowest BCUT2D eigenvalue weighted by Crippen LogP contribution is -2.40. The van der Waals surface area contributed by atoms with E-state index in [2.05, 4.69) is 56.0 Å². The third-order valence-corrected chi connectivity index (χ3v) is 7.18. The van der Waals surface area contributed by atoms with Crippen LogP contribution in [0.3, 0.4) is 0 Å². The normalized spacial score (nSPS) is 20.6. The Kier molecular flexibility index (Phi) is 8.81. The highest BCUT2D eigenvalue weighted by atomic mass is 19.4. The van der Waals surface area contributed by atoms with E-state index in [1.165, 1.54) is 11.1 Å². The average molecular weight is 446 g/mol. The summed E-state index contributed by atoms with van der Waals surface area (Å²) in [6, 6.07) is 19.5. The van der Waals surface area contributed by atoms with Crippen molar-refractivity contribution in [2.75, 3.05) is 6.54 Å². The first-order valence-electron chi connectivity index (χ1n) is 12.2. The van der Waals surface area contributed by atoms with Crippen molar-refractivity contribution in [3.63, 3.8) is 0 Å². The van der Waals surface area contributed by atoms with Gasteiger partial charge in [0.15, 0.2) is 0 Å². The quantitative estimate of drug-likeness (QED) is 0.381. The van der Waals surface area contributed by atoms with Gasteiger partial charge < -0.3 is 0 Å². The van der Waals surface area contributed by atoms with Crippen LogP contribution in [0.4, 0.5) is 13.2 Å². The van der Waals surface area contributed by atoms with Crippen molar-refractivity contribution >= 4 is 0 Å². The van der Waals surface area contributed by atoms with Gasteiger partial charge in [-0.25, -0.2) is 0 Å². The van der Waals surface area contributed by atoms with Crippen molar-refractivity contribution < 1.29 is 13.2 Å². The molecule has 3 rings (SSSR count). The van der Waals surface area contributed by atoms with Crippen molar-refractivity contribution in [2.24, 2.45) is 5.92 Å². The molecule has 2 aromatic rings. The van der Waals surface area contributed by atoms with Gasteiger partial charge in [-0.15, -0.1) is 0 Å². The molecule has 2 aromatic carbocycles. The molecule has 0 aliphatic heterocycles. The van der Waals surface area contributed by atoms with Crippen LogP contribution in [0.5, 0.6) is 0 Å². The zero-order chi connectivity index (χ0) is 23.1. The van der Waals surface area contributed by atoms with Crippen molar-refractivity contribution in [3.8, 4) is 0 Å². The molecule has 0 heterocycles. The van der Waals surface area contributed by atoms with Gasteiger partial charge in [0, 0.05) is 18.6 Å². The molecule has 4 heteroatoms. The minimum absolute atomic E-state index is 0.265. The van der Waals surface area contributed by atoms with Gasteiger partial charge in [-0.1, -0.05) is 67.4 Å². The number of benzene rings is 2. The summed E-state index contributed by atoms with van der Waals surface area (Å²) in [5.74, 6) is -1.57. The maximum absolute atomic E-state index is 13.5. The molecule has 1 aliphatic carbocycles. The molecule has 3 unspecified atom stereocenters. The van der Waals surface area contributed by atoms with Crippen LogP contribution in [0.25, 0.3) is 0 Å². The Labute approximate surface area is 192 Å². The molecule has 1 nitrogen and oxygen atoms in total. The predicted molar refractivity (Wildman–Crippen MR) is 127 cm³/mol. The monoisotopic (exact) mass is 445 g/mol. The van der Waals surface area contributed by atoms with Gasteiger partial charge in [-0.05, 0) is 75.5 Å². The fourth-order valence-electron chi connectivity index (χ4n) is 5.28. The van der Waals surface area contributed by atoms with Gasteiger partial charge in [0.1, 0.15) is 0 Å². The second-order valence-corrected chi connectivity index (χ2v) is 9.74. The van der Waals surface area contributed by atoms with Crippen LogP contribution in [0, 0.1) is 5.92 Å². The van der Waals surface area contributed by atoms with Gasteiger partial charge >= 0.3 is 6.18 Å². The summed E-state index contributed by atoms with van der Waals surface area (Å²) in [4.78, 5) is 2.55. The second kappa shape index (κ2) is 11.4. The number of hydrogen-bond acceptors (Lipinski definition) is 1. The minimum atomic E-state index is -4.10. The highest BCUT2D eigenvalue weighted by Crippen LogP contribution is 2.46. The van der Waals surface area contributed by atoms with E-state index >= 15 is 0 Å². The first kappa shape index (κ1) is 24.8. The summed E-state index contributed by atoms with van der Waals surface area (Å²) < 4.78 is 40.4. The molecule has 0 spiro atoms. The number of rotatable bonds is 9. The molecule has 0 aromatic heterocycles. The Morgan fingerprint density at radius 3 is 2.09 bits per heavy atom. The predicted octanol–water partition coefficient (Wildman–Crippen LogP) is 7.80. The summed E-state index contributed by atoms with van der Waals surface area (Å²) in [6.45, 7) is 7.81. The first-order valence-corrected chi connectivity index (χ1v) is 12.2. The van der Waals surface area contributed by atoms with E-state index in [0.717, 1.165) is 37.8 Å². The summed E-state index contributed by atoms with van der Waals surface area (Å²) in [5, 5.41) is 0. The average Bonchev–Trinajstić information content (AvgIpc) is 2.78. The summed E-state index contributed by atoms with van der Waals surface area (Å²) in [7, 11) is 0. The van der Waals surface area contributed by atoms with Crippen molar-refractivity contribution in [1.29, 1.82) is 0 Å². The van der Waals surface area contributed by atoms with E-state index in [4.69, 9.17) is 0 Å². The van der Waals surface area contributed by atoms with E-state index in [1.807, 2.05) is 24.3 Å². The third kappa shape index (κ3) is 6.84. The van der Waals surface area contributed by atoms with Crippen LogP contribution in [-0.4, -0.2) is 29.7 Å². The van der Waals surface area contributed by atoms with Gasteiger partial charge in [0.25, 0.3) is 0 Å². The smallest absolute Gasteiger partial charge is 0.298 e. The van der Waals surface area contributed by atoms with Crippen LogP contribution < -0.4 is 0 Å². The number of hydrogen-bond donors (Lipinski definition) is 0. The minimum Gasteiger partial charge on any atom is -0.298 e. The Morgan fingerprint density at radius 2 is 1.47 bits per heavy atom. The summed E-state index contributed by atoms with van der Waals surface area (Å²) in [6.07, 6.45) is 1.42. The Morgan fingerprint density at radius 1 is 0.844 bits per heavy atom. The summed E-state index contributed by atoms with van der Waals surface area (Å²) >= 11 is 0. The Balaban J connectivity index is 1.56. The molecule has 32 heavy (non-hydrogen) atoms. The van der Waals surface area contributed by atoms with Crippen LogP contribution in [-0.2, 0) is 12.8 Å². The molecule has 176 valence electrons. The first-order chi connectivity index (χ1) is 15.3. The van der Waals surface area contributed by atoms with E-state index in [-0.39, 0.29) is 12.3 Å². The zero-order valence-corrected chi connectivity index (χ0v) is 19.7. The SMILES string of the molecule is CC(C)N(CCc1ccccc1)C(C)CCc1ccc(C2CCCCC2C(F)(F)F)cc1. The molecular formula is C28H38F3N. The number of nitrogens with zero attached hydrogens (tertiary/aromatic N) is 1. The highest BCUT2D eigenvalue weighted by Gasteiger charge is 2.45. The molecule has 1 aliphatic rings. The molecule has 0 amide bonds. The fraction of sp³-hybridized carbons (Fsp3) is 0.571. The van der Waals surface area contributed by atoms with Crippen LogP contribution in [0.1, 0.15) is 75.5 Å². The molecular weight excluding hydrogens is 407 g/mol. The Bertz CT molecular complexity index is 798. The highest BCUT2D eigenvalue weighted by molar-refractivity contribution is 5.27. The van der Waals surface area contributed by atoms with Gasteiger partial charge in [-0.3, -0.25) is 4.90 Å².